The van der Waals surface area contributed by atoms with Crippen molar-refractivity contribution in [1.82, 2.24) is 9.88 Å². The molecule has 2 aliphatic rings. The number of H-pyrrole nitrogens is 1. The molecule has 1 radical (unpaired) electrons. The number of likely N-dealkylation sites (tertiary alicyclic amines) is 1. The number of rotatable bonds is 5. The van der Waals surface area contributed by atoms with E-state index in [2.05, 4.69) is 37.2 Å². The Morgan fingerprint density at radius 3 is 2.63 bits per heavy atom. The maximum absolute atomic E-state index is 13.4. The fourth-order valence-corrected chi connectivity index (χ4v) is 5.68. The fourth-order valence-electron chi connectivity index (χ4n) is 5.68. The van der Waals surface area contributed by atoms with Crippen molar-refractivity contribution in [3.05, 3.63) is 36.0 Å². The monoisotopic (exact) mass is 419 g/mol. The molecule has 5 nitrogen and oxygen atoms in total. The van der Waals surface area contributed by atoms with E-state index < -0.39 is 5.97 Å². The molecule has 30 heavy (non-hydrogen) atoms. The molecule has 157 valence electrons. The number of para-hydroxylation sites is 1. The van der Waals surface area contributed by atoms with E-state index >= 15 is 0 Å². The van der Waals surface area contributed by atoms with E-state index in [1.807, 2.05) is 17.0 Å². The Kier molecular flexibility index (Phi) is 7.70. The number of piperidine rings is 1. The van der Waals surface area contributed by atoms with Crippen LogP contribution in [0.3, 0.4) is 0 Å². The standard InChI is InChI=1S/C24H32N2O3.Na/c1-15(2)19(20-14-25-21-9-5-3-7-16(20)21)13-23(27)26-12-11-18(24(28)29)17-8-4-6-10-22(17)26;/h3,5,7,9,14-15,17-19,22,25H,4,6,8,10-13H2,1-2H3,(H,28,29);. The van der Waals surface area contributed by atoms with E-state index in [4.69, 9.17) is 0 Å². The van der Waals surface area contributed by atoms with Crippen LogP contribution in [0.25, 0.3) is 10.9 Å². The van der Waals surface area contributed by atoms with Gasteiger partial charge < -0.3 is 15.0 Å². The number of fused-ring (bicyclic) bond motifs is 2. The third kappa shape index (κ3) is 4.49. The Morgan fingerprint density at radius 1 is 1.17 bits per heavy atom. The zero-order valence-electron chi connectivity index (χ0n) is 18.4. The van der Waals surface area contributed by atoms with Crippen LogP contribution in [0.15, 0.2) is 30.5 Å². The molecular weight excluding hydrogens is 387 g/mol. The summed E-state index contributed by atoms with van der Waals surface area (Å²) in [4.78, 5) is 30.6. The summed E-state index contributed by atoms with van der Waals surface area (Å²) in [5, 5.41) is 10.8. The van der Waals surface area contributed by atoms with E-state index in [-0.39, 0.29) is 59.3 Å². The Labute approximate surface area is 200 Å². The smallest absolute Gasteiger partial charge is 0.306 e. The van der Waals surface area contributed by atoms with E-state index in [9.17, 15) is 14.7 Å². The number of aromatic amines is 1. The van der Waals surface area contributed by atoms with Crippen molar-refractivity contribution in [2.24, 2.45) is 17.8 Å². The van der Waals surface area contributed by atoms with Crippen molar-refractivity contribution in [3.8, 4) is 0 Å². The second-order valence-electron chi connectivity index (χ2n) is 9.18. The summed E-state index contributed by atoms with van der Waals surface area (Å²) >= 11 is 0. The summed E-state index contributed by atoms with van der Waals surface area (Å²) in [5.41, 5.74) is 2.32. The van der Waals surface area contributed by atoms with Gasteiger partial charge in [0.1, 0.15) is 0 Å². The summed E-state index contributed by atoms with van der Waals surface area (Å²) in [6.07, 6.45) is 7.18. The van der Waals surface area contributed by atoms with Gasteiger partial charge in [0.25, 0.3) is 0 Å². The number of carbonyl (C=O) groups is 2. The molecule has 1 amide bonds. The molecule has 1 aromatic carbocycles. The number of hydrogen-bond acceptors (Lipinski definition) is 2. The molecule has 4 atom stereocenters. The van der Waals surface area contributed by atoms with Gasteiger partial charge in [-0.05, 0) is 48.6 Å². The van der Waals surface area contributed by atoms with Gasteiger partial charge in [-0.2, -0.15) is 0 Å². The number of benzene rings is 1. The second-order valence-corrected chi connectivity index (χ2v) is 9.18. The summed E-state index contributed by atoms with van der Waals surface area (Å²) in [5.74, 6) is -0.180. The van der Waals surface area contributed by atoms with Crippen LogP contribution >= 0.6 is 0 Å². The zero-order valence-corrected chi connectivity index (χ0v) is 20.4. The Morgan fingerprint density at radius 2 is 1.90 bits per heavy atom. The topological polar surface area (TPSA) is 73.4 Å². The average molecular weight is 420 g/mol. The number of aliphatic carboxylic acids is 1. The number of carboxylic acid groups (broad SMARTS) is 1. The predicted octanol–water partition coefficient (Wildman–Crippen LogP) is 4.41. The van der Waals surface area contributed by atoms with Gasteiger partial charge in [0.05, 0.1) is 5.92 Å². The molecule has 1 aliphatic carbocycles. The van der Waals surface area contributed by atoms with Crippen LogP contribution < -0.4 is 0 Å². The summed E-state index contributed by atoms with van der Waals surface area (Å²) in [7, 11) is 0. The second kappa shape index (κ2) is 9.88. The normalized spacial score (nSPS) is 24.9. The van der Waals surface area contributed by atoms with Gasteiger partial charge in [0.2, 0.25) is 5.91 Å². The van der Waals surface area contributed by atoms with E-state index in [1.54, 1.807) is 0 Å². The molecule has 0 spiro atoms. The van der Waals surface area contributed by atoms with Crippen LogP contribution in [0.1, 0.15) is 63.9 Å². The van der Waals surface area contributed by atoms with Gasteiger partial charge in [-0.3, -0.25) is 9.59 Å². The first-order valence-electron chi connectivity index (χ1n) is 11.1. The predicted molar refractivity (Wildman–Crippen MR) is 119 cm³/mol. The van der Waals surface area contributed by atoms with Gasteiger partial charge >= 0.3 is 5.97 Å². The first kappa shape index (κ1) is 23.4. The molecule has 2 aromatic rings. The molecule has 0 bridgehead atoms. The largest absolute Gasteiger partial charge is 0.481 e. The molecule has 1 saturated carbocycles. The molecule has 4 rings (SSSR count). The minimum atomic E-state index is -0.687. The minimum absolute atomic E-state index is 0. The van der Waals surface area contributed by atoms with Crippen LogP contribution in [0.4, 0.5) is 0 Å². The number of amides is 1. The van der Waals surface area contributed by atoms with Crippen molar-refractivity contribution in [3.63, 3.8) is 0 Å². The molecule has 1 aliphatic heterocycles. The van der Waals surface area contributed by atoms with Crippen LogP contribution in [-0.2, 0) is 9.59 Å². The summed E-state index contributed by atoms with van der Waals surface area (Å²) in [6.45, 7) is 4.94. The molecule has 2 heterocycles. The minimum Gasteiger partial charge on any atom is -0.481 e. The van der Waals surface area contributed by atoms with Gasteiger partial charge in [0.15, 0.2) is 0 Å². The first-order valence-corrected chi connectivity index (χ1v) is 11.1. The van der Waals surface area contributed by atoms with Gasteiger partial charge in [0, 0.05) is 65.7 Å². The van der Waals surface area contributed by atoms with Crippen molar-refractivity contribution >= 4 is 52.3 Å². The number of nitrogens with zero attached hydrogens (tertiary/aromatic N) is 1. The third-order valence-corrected chi connectivity index (χ3v) is 7.24. The zero-order chi connectivity index (χ0) is 20.5. The number of nitrogens with one attached hydrogen (secondary N) is 1. The number of carboxylic acids is 1. The maximum atomic E-state index is 13.4. The van der Waals surface area contributed by atoms with Gasteiger partial charge in [-0.25, -0.2) is 0 Å². The average Bonchev–Trinajstić information content (AvgIpc) is 3.14. The number of carbonyl (C=O) groups excluding carboxylic acids is 1. The van der Waals surface area contributed by atoms with Crippen LogP contribution in [0.2, 0.25) is 0 Å². The van der Waals surface area contributed by atoms with Crippen molar-refractivity contribution in [2.45, 2.75) is 64.3 Å². The van der Waals surface area contributed by atoms with Crippen molar-refractivity contribution in [2.75, 3.05) is 6.54 Å². The Bertz CT molecular complexity index is 893. The van der Waals surface area contributed by atoms with Crippen LogP contribution in [0.5, 0.6) is 0 Å². The summed E-state index contributed by atoms with van der Waals surface area (Å²) < 4.78 is 0. The third-order valence-electron chi connectivity index (χ3n) is 7.24. The molecule has 1 aromatic heterocycles. The molecule has 1 saturated heterocycles. The van der Waals surface area contributed by atoms with Gasteiger partial charge in [-0.1, -0.05) is 44.9 Å². The first-order chi connectivity index (χ1) is 14.0. The molecular formula is C24H32N2NaO3. The quantitative estimate of drug-likeness (QED) is 0.705. The molecule has 2 N–H and O–H groups in total. The summed E-state index contributed by atoms with van der Waals surface area (Å²) in [6, 6.07) is 8.36. The van der Waals surface area contributed by atoms with Crippen LogP contribution in [0, 0.1) is 17.8 Å². The van der Waals surface area contributed by atoms with Crippen molar-refractivity contribution < 1.29 is 14.7 Å². The molecule has 2 fully saturated rings. The van der Waals surface area contributed by atoms with E-state index in [1.165, 1.54) is 10.9 Å². The van der Waals surface area contributed by atoms with E-state index in [0.717, 1.165) is 31.2 Å². The fraction of sp³-hybridized carbons (Fsp3) is 0.583. The number of hydrogen-bond donors (Lipinski definition) is 2. The maximum Gasteiger partial charge on any atom is 0.306 e. The van der Waals surface area contributed by atoms with E-state index in [0.29, 0.717) is 25.3 Å². The SMILES string of the molecule is CC(C)C(CC(=O)N1CCC(C(=O)O)C2CCCCC21)c1c[nH]c2ccccc12.[Na]. The Hall–Kier alpha value is -1.30. The molecule has 4 unspecified atom stereocenters. The molecule has 6 heteroatoms. The van der Waals surface area contributed by atoms with Crippen LogP contribution in [-0.4, -0.2) is 69.0 Å². The Balaban J connectivity index is 0.00000256. The van der Waals surface area contributed by atoms with Gasteiger partial charge in [-0.15, -0.1) is 0 Å². The van der Waals surface area contributed by atoms with Crippen molar-refractivity contribution in [1.29, 1.82) is 0 Å². The number of aromatic nitrogens is 1.